The first-order valence-corrected chi connectivity index (χ1v) is 18.6. The van der Waals surface area contributed by atoms with Crippen LogP contribution < -0.4 is 8.61 Å². The minimum absolute atomic E-state index is 1.18. The van der Waals surface area contributed by atoms with Gasteiger partial charge in [0, 0.05) is 9.79 Å². The van der Waals surface area contributed by atoms with Crippen LogP contribution in [-0.4, -0.2) is 0 Å². The second-order valence-corrected chi connectivity index (χ2v) is 15.7. The highest BCUT2D eigenvalue weighted by Gasteiger charge is 2.50. The number of benzene rings is 6. The Bertz CT molecular complexity index is 2100. The lowest BCUT2D eigenvalue weighted by Gasteiger charge is -2.51. The smallest absolute Gasteiger partial charge is 0.0780 e. The van der Waals surface area contributed by atoms with Crippen LogP contribution in [-0.2, 0) is 0 Å². The van der Waals surface area contributed by atoms with Crippen LogP contribution in [0.25, 0.3) is 16.7 Å². The van der Waals surface area contributed by atoms with E-state index < -0.39 is 10.4 Å². The summed E-state index contributed by atoms with van der Waals surface area (Å²) in [5.41, 5.74) is 14.7. The summed E-state index contributed by atoms with van der Waals surface area (Å²) in [5.74, 6) is 0. The molecule has 6 aromatic carbocycles. The monoisotopic (exact) mass is 656 g/mol. The molecule has 2 nitrogen and oxygen atoms in total. The largest absolute Gasteiger partial charge is 0.277 e. The molecule has 1 aliphatic rings. The molecular formula is C46H44N2S. The van der Waals surface area contributed by atoms with Gasteiger partial charge in [0.25, 0.3) is 0 Å². The Morgan fingerprint density at radius 3 is 1.55 bits per heavy atom. The number of fused-ring (bicyclic) bond motifs is 1. The molecule has 0 radical (unpaired) electrons. The van der Waals surface area contributed by atoms with Gasteiger partial charge in [0.1, 0.15) is 0 Å². The summed E-state index contributed by atoms with van der Waals surface area (Å²) in [4.78, 5) is 2.54. The molecule has 0 bridgehead atoms. The number of allylic oxidation sites excluding steroid dienone is 4. The molecule has 0 saturated carbocycles. The van der Waals surface area contributed by atoms with E-state index in [4.69, 9.17) is 0 Å². The van der Waals surface area contributed by atoms with Crippen molar-refractivity contribution in [2.75, 3.05) is 8.61 Å². The molecule has 0 unspecified atom stereocenters. The van der Waals surface area contributed by atoms with E-state index in [2.05, 4.69) is 208 Å². The van der Waals surface area contributed by atoms with Crippen molar-refractivity contribution in [1.82, 2.24) is 0 Å². The van der Waals surface area contributed by atoms with E-state index >= 15 is 0 Å². The highest BCUT2D eigenvalue weighted by Crippen LogP contribution is 2.79. The van der Waals surface area contributed by atoms with E-state index in [9.17, 15) is 0 Å². The average molecular weight is 657 g/mol. The zero-order chi connectivity index (χ0) is 34.1. The van der Waals surface area contributed by atoms with Crippen molar-refractivity contribution in [2.24, 2.45) is 0 Å². The molecule has 0 N–H and O–H groups in total. The van der Waals surface area contributed by atoms with E-state index in [1.807, 2.05) is 0 Å². The summed E-state index contributed by atoms with van der Waals surface area (Å²) in [6.07, 6.45) is 6.55. The van der Waals surface area contributed by atoms with Gasteiger partial charge in [-0.05, 0) is 146 Å². The Morgan fingerprint density at radius 1 is 0.510 bits per heavy atom. The van der Waals surface area contributed by atoms with Gasteiger partial charge in [-0.3, -0.25) is 8.61 Å². The molecule has 6 aromatic rings. The maximum absolute atomic E-state index is 2.67. The molecule has 1 heterocycles. The summed E-state index contributed by atoms with van der Waals surface area (Å²) < 4.78 is 5.34. The predicted octanol–water partition coefficient (Wildman–Crippen LogP) is 13.6. The van der Waals surface area contributed by atoms with Crippen LogP contribution in [0.2, 0.25) is 0 Å². The van der Waals surface area contributed by atoms with E-state index in [0.717, 1.165) is 0 Å². The fraction of sp³-hybridized carbons (Fsp3) is 0.130. The van der Waals surface area contributed by atoms with Gasteiger partial charge >= 0.3 is 0 Å². The normalized spacial score (nSPS) is 14.7. The SMILES string of the molecule is C/C=C\C(=C/C)c1cccc(S2(c3cccc(-c4ccccc4)c3)N(c3ccc(C)cc3)c3cc(C)c(C)cc3N2c2ccc(C)cc2)c1. The fourth-order valence-corrected chi connectivity index (χ4v) is 11.0. The molecule has 244 valence electrons. The molecule has 0 spiro atoms. The molecule has 3 heteroatoms. The number of rotatable bonds is 7. The van der Waals surface area contributed by atoms with Crippen LogP contribution in [0.3, 0.4) is 0 Å². The summed E-state index contributed by atoms with van der Waals surface area (Å²) in [5, 5.41) is 0. The molecular weight excluding hydrogens is 613 g/mol. The highest BCUT2D eigenvalue weighted by molar-refractivity contribution is 8.36. The second-order valence-electron chi connectivity index (χ2n) is 12.9. The van der Waals surface area contributed by atoms with E-state index in [1.165, 1.54) is 77.1 Å². The third-order valence-electron chi connectivity index (χ3n) is 9.52. The summed E-state index contributed by atoms with van der Waals surface area (Å²) in [7, 11) is -2.22. The summed E-state index contributed by atoms with van der Waals surface area (Å²) in [6.45, 7) is 13.0. The Kier molecular flexibility index (Phi) is 8.79. The van der Waals surface area contributed by atoms with Gasteiger partial charge in [0.2, 0.25) is 0 Å². The van der Waals surface area contributed by atoms with Crippen LogP contribution in [0.4, 0.5) is 22.7 Å². The van der Waals surface area contributed by atoms with Gasteiger partial charge in [0.05, 0.1) is 22.7 Å². The maximum Gasteiger partial charge on any atom is 0.0780 e. The number of nitrogens with zero attached hydrogens (tertiary/aromatic N) is 2. The molecule has 49 heavy (non-hydrogen) atoms. The third-order valence-corrected chi connectivity index (χ3v) is 13.2. The highest BCUT2D eigenvalue weighted by atomic mass is 32.3. The van der Waals surface area contributed by atoms with Gasteiger partial charge in [-0.25, -0.2) is 0 Å². The first-order chi connectivity index (χ1) is 23.8. The Morgan fingerprint density at radius 2 is 1.02 bits per heavy atom. The van der Waals surface area contributed by atoms with Crippen LogP contribution in [0.5, 0.6) is 0 Å². The third kappa shape index (κ3) is 5.68. The van der Waals surface area contributed by atoms with Crippen LogP contribution in [0.15, 0.2) is 168 Å². The van der Waals surface area contributed by atoms with Crippen molar-refractivity contribution in [3.8, 4) is 11.1 Å². The molecule has 0 amide bonds. The first kappa shape index (κ1) is 32.3. The minimum atomic E-state index is -2.22. The van der Waals surface area contributed by atoms with Crippen molar-refractivity contribution in [1.29, 1.82) is 0 Å². The van der Waals surface area contributed by atoms with E-state index in [0.29, 0.717) is 0 Å². The van der Waals surface area contributed by atoms with E-state index in [1.54, 1.807) is 0 Å². The molecule has 7 rings (SSSR count). The number of hydrogen-bond acceptors (Lipinski definition) is 2. The van der Waals surface area contributed by atoms with Crippen molar-refractivity contribution in [2.45, 2.75) is 51.3 Å². The Balaban J connectivity index is 1.66. The average Bonchev–Trinajstić information content (AvgIpc) is 3.42. The number of anilines is 4. The maximum atomic E-state index is 2.67. The molecule has 0 saturated heterocycles. The number of aryl methyl sites for hydroxylation is 4. The molecule has 1 aliphatic heterocycles. The lowest BCUT2D eigenvalue weighted by molar-refractivity contribution is 1.27. The molecule has 0 fully saturated rings. The van der Waals surface area contributed by atoms with Gasteiger partial charge in [0.15, 0.2) is 0 Å². The quantitative estimate of drug-likeness (QED) is 0.158. The summed E-state index contributed by atoms with van der Waals surface area (Å²) >= 11 is 0. The van der Waals surface area contributed by atoms with Gasteiger partial charge in [-0.2, -0.15) is 0 Å². The number of hydrogen-bond donors (Lipinski definition) is 0. The standard InChI is InChI=1S/C46H44N2S/c1-7-14-37(8-2)39-17-12-19-43(31-39)49(44-20-13-18-40(32-44)38-15-10-9-11-16-38)47(41-25-21-33(3)22-26-41)45-29-35(5)36(6)30-46(45)48(49)42-27-23-34(4)24-28-42/h7-32H,1-6H3/b14-7-,37-8+. The van der Waals surface area contributed by atoms with E-state index in [-0.39, 0.29) is 0 Å². The fourth-order valence-electron chi connectivity index (χ4n) is 6.85. The van der Waals surface area contributed by atoms with Crippen molar-refractivity contribution >= 4 is 38.7 Å². The summed E-state index contributed by atoms with van der Waals surface area (Å²) in [6, 6.07) is 52.3. The van der Waals surface area contributed by atoms with Crippen LogP contribution >= 0.6 is 10.4 Å². The van der Waals surface area contributed by atoms with Crippen LogP contribution in [0, 0.1) is 27.7 Å². The van der Waals surface area contributed by atoms with Gasteiger partial charge in [-0.1, -0.05) is 108 Å². The zero-order valence-electron chi connectivity index (χ0n) is 29.3. The van der Waals surface area contributed by atoms with Crippen molar-refractivity contribution in [3.05, 3.63) is 186 Å². The first-order valence-electron chi connectivity index (χ1n) is 17.1. The Hall–Kier alpha value is -5.25. The lowest BCUT2D eigenvalue weighted by atomic mass is 10.1. The van der Waals surface area contributed by atoms with Crippen molar-refractivity contribution in [3.63, 3.8) is 0 Å². The van der Waals surface area contributed by atoms with Gasteiger partial charge < -0.3 is 0 Å². The minimum Gasteiger partial charge on any atom is -0.277 e. The predicted molar refractivity (Wildman–Crippen MR) is 213 cm³/mol. The van der Waals surface area contributed by atoms with Crippen LogP contribution in [0.1, 0.15) is 41.7 Å². The molecule has 0 aliphatic carbocycles. The topological polar surface area (TPSA) is 6.48 Å². The van der Waals surface area contributed by atoms with Gasteiger partial charge in [-0.15, -0.1) is 0 Å². The van der Waals surface area contributed by atoms with Crippen molar-refractivity contribution < 1.29 is 0 Å². The zero-order valence-corrected chi connectivity index (χ0v) is 30.1. The Labute approximate surface area is 294 Å². The lowest BCUT2D eigenvalue weighted by Crippen LogP contribution is -2.30. The molecule has 0 atom stereocenters. The second kappa shape index (κ2) is 13.3. The molecule has 0 aromatic heterocycles.